The van der Waals surface area contributed by atoms with Crippen LogP contribution in [0.3, 0.4) is 0 Å². The highest BCUT2D eigenvalue weighted by Crippen LogP contribution is 2.64. The molecule has 0 N–H and O–H groups in total. The number of hydrogen-bond donors (Lipinski definition) is 0. The van der Waals surface area contributed by atoms with Crippen molar-refractivity contribution in [3.8, 4) is 0 Å². The van der Waals surface area contributed by atoms with E-state index in [0.717, 1.165) is 35.5 Å². The molecule has 0 spiro atoms. The molecule has 0 heterocycles. The van der Waals surface area contributed by atoms with Gasteiger partial charge in [-0.15, -0.1) is 5.54 Å². The Morgan fingerprint density at radius 1 is 1.23 bits per heavy atom. The zero-order chi connectivity index (χ0) is 15.7. The summed E-state index contributed by atoms with van der Waals surface area (Å²) in [5.41, 5.74) is 2.62. The van der Waals surface area contributed by atoms with Crippen LogP contribution in [-0.4, -0.2) is 12.6 Å². The third kappa shape index (κ3) is 2.07. The van der Waals surface area contributed by atoms with E-state index < -0.39 is 0 Å². The maximum Gasteiger partial charge on any atom is -0.0141 e. The van der Waals surface area contributed by atoms with Gasteiger partial charge in [-0.1, -0.05) is 52.2 Å². The lowest BCUT2D eigenvalue weighted by Crippen LogP contribution is -2.56. The highest BCUT2D eigenvalue weighted by molar-refractivity contribution is 5.27. The van der Waals surface area contributed by atoms with Crippen LogP contribution in [0, 0.1) is 40.9 Å². The maximum absolute atomic E-state index is 4.91. The highest BCUT2D eigenvalue weighted by atomic mass is 15.0. The van der Waals surface area contributed by atoms with E-state index >= 15 is 0 Å². The Balaban J connectivity index is 1.76. The smallest absolute Gasteiger partial charge is 0.0141 e. The Kier molecular flexibility index (Phi) is 3.36. The molecule has 0 radical (unpaired) electrons. The molecule has 22 heavy (non-hydrogen) atoms. The molecular weight excluding hydrogens is 266 g/mol. The Morgan fingerprint density at radius 2 is 2.00 bits per heavy atom. The lowest BCUT2D eigenvalue weighted by Gasteiger charge is -2.66. The lowest BCUT2D eigenvalue weighted by molar-refractivity contribution is -0.0633. The van der Waals surface area contributed by atoms with E-state index in [1.54, 1.807) is 0 Å². The fraction of sp³-hybridized carbons (Fsp3) is 0.905. The van der Waals surface area contributed by atoms with E-state index in [0.29, 0.717) is 5.41 Å². The van der Waals surface area contributed by atoms with Crippen molar-refractivity contribution < 1.29 is 0 Å². The van der Waals surface area contributed by atoms with Crippen LogP contribution in [0.5, 0.6) is 0 Å². The molecule has 0 aromatic rings. The Bertz CT molecular complexity index is 490. The minimum absolute atomic E-state index is 0.248. The topological polar surface area (TPSA) is 14.1 Å². The van der Waals surface area contributed by atoms with Crippen molar-refractivity contribution in [2.75, 3.05) is 7.05 Å². The molecule has 4 aliphatic carbocycles. The standard InChI is InChI=1S/C21H34N/c1-13-10-15-12-20(2,3)11-14-6-7-17-19(18(14)15)16(13)8-9-21(17,4)22-5/h6,13,15-19H,7-12H2,1-5H3/q-1/t13-,15-,16+,17-,18-,19+,21-/m0/s1. The third-order valence-electron chi connectivity index (χ3n) is 8.14. The van der Waals surface area contributed by atoms with Gasteiger partial charge in [0.2, 0.25) is 0 Å². The third-order valence-corrected chi connectivity index (χ3v) is 8.14. The van der Waals surface area contributed by atoms with Gasteiger partial charge >= 0.3 is 0 Å². The molecule has 0 amide bonds. The van der Waals surface area contributed by atoms with E-state index in [9.17, 15) is 0 Å². The zero-order valence-electron chi connectivity index (χ0n) is 15.2. The summed E-state index contributed by atoms with van der Waals surface area (Å²) in [6.07, 6.45) is 11.0. The second kappa shape index (κ2) is 4.85. The fourth-order valence-corrected chi connectivity index (χ4v) is 7.23. The summed E-state index contributed by atoms with van der Waals surface area (Å²) >= 11 is 0. The van der Waals surface area contributed by atoms with Gasteiger partial charge < -0.3 is 5.32 Å². The first-order chi connectivity index (χ1) is 10.3. The molecule has 4 aliphatic rings. The first kappa shape index (κ1) is 15.2. The van der Waals surface area contributed by atoms with E-state index in [1.165, 1.54) is 38.5 Å². The predicted octanol–water partition coefficient (Wildman–Crippen LogP) is 5.81. The van der Waals surface area contributed by atoms with Crippen molar-refractivity contribution in [2.45, 2.75) is 71.8 Å². The summed E-state index contributed by atoms with van der Waals surface area (Å²) in [5.74, 6) is 5.53. The van der Waals surface area contributed by atoms with E-state index in [4.69, 9.17) is 5.32 Å². The highest BCUT2D eigenvalue weighted by Gasteiger charge is 2.55. The maximum atomic E-state index is 4.91. The molecule has 3 fully saturated rings. The minimum Gasteiger partial charge on any atom is -0.659 e. The number of rotatable bonds is 1. The second-order valence-electron chi connectivity index (χ2n) is 10.0. The SMILES string of the molecule is C[N-][C@@]1(C)CC[C@H]2[C@H]3[C@H]4C(=CC[C@@H]31)CC(C)(C)C[C@@H]4C[C@@H]2C. The summed E-state index contributed by atoms with van der Waals surface area (Å²) in [4.78, 5) is 0. The van der Waals surface area contributed by atoms with Gasteiger partial charge in [0.1, 0.15) is 0 Å². The zero-order valence-corrected chi connectivity index (χ0v) is 15.2. The molecule has 1 heteroatoms. The van der Waals surface area contributed by atoms with Crippen LogP contribution in [0.2, 0.25) is 0 Å². The summed E-state index contributed by atoms with van der Waals surface area (Å²) in [6, 6.07) is 0. The van der Waals surface area contributed by atoms with Crippen molar-refractivity contribution in [2.24, 2.45) is 40.9 Å². The predicted molar refractivity (Wildman–Crippen MR) is 93.9 cm³/mol. The van der Waals surface area contributed by atoms with Crippen molar-refractivity contribution in [1.29, 1.82) is 0 Å². The summed E-state index contributed by atoms with van der Waals surface area (Å²) in [5, 5.41) is 4.91. The molecule has 0 aromatic carbocycles. The van der Waals surface area contributed by atoms with E-state index in [2.05, 4.69) is 40.8 Å². The molecule has 0 aliphatic heterocycles. The molecular formula is C21H34N-. The lowest BCUT2D eigenvalue weighted by atomic mass is 9.44. The number of allylic oxidation sites excluding steroid dienone is 2. The Labute approximate surface area is 137 Å². The molecule has 3 saturated carbocycles. The largest absolute Gasteiger partial charge is 0.659 e. The number of nitrogens with zero attached hydrogens (tertiary/aromatic N) is 1. The minimum atomic E-state index is 0.248. The fourth-order valence-electron chi connectivity index (χ4n) is 7.23. The second-order valence-corrected chi connectivity index (χ2v) is 10.0. The van der Waals surface area contributed by atoms with E-state index in [1.807, 2.05) is 5.57 Å². The van der Waals surface area contributed by atoms with Crippen LogP contribution in [0.4, 0.5) is 0 Å². The molecule has 124 valence electrons. The molecule has 4 rings (SSSR count). The van der Waals surface area contributed by atoms with Crippen molar-refractivity contribution >= 4 is 0 Å². The van der Waals surface area contributed by atoms with E-state index in [-0.39, 0.29) is 5.54 Å². The van der Waals surface area contributed by atoms with Crippen LogP contribution in [0.25, 0.3) is 5.32 Å². The first-order valence-corrected chi connectivity index (χ1v) is 9.64. The van der Waals surface area contributed by atoms with Gasteiger partial charge in [-0.05, 0) is 66.6 Å². The van der Waals surface area contributed by atoms with Crippen LogP contribution in [0.1, 0.15) is 66.2 Å². The number of hydrogen-bond acceptors (Lipinski definition) is 0. The molecule has 0 aromatic heterocycles. The summed E-state index contributed by atoms with van der Waals surface area (Å²) < 4.78 is 0. The van der Waals surface area contributed by atoms with Crippen LogP contribution < -0.4 is 0 Å². The molecule has 0 unspecified atom stereocenters. The van der Waals surface area contributed by atoms with Crippen LogP contribution in [0.15, 0.2) is 11.6 Å². The van der Waals surface area contributed by atoms with Crippen LogP contribution in [-0.2, 0) is 0 Å². The van der Waals surface area contributed by atoms with Gasteiger partial charge in [0.25, 0.3) is 0 Å². The van der Waals surface area contributed by atoms with Gasteiger partial charge in [-0.3, -0.25) is 0 Å². The van der Waals surface area contributed by atoms with Crippen molar-refractivity contribution in [3.05, 3.63) is 17.0 Å². The Morgan fingerprint density at radius 3 is 2.73 bits per heavy atom. The molecule has 7 atom stereocenters. The normalized spacial score (nSPS) is 52.7. The monoisotopic (exact) mass is 300 g/mol. The van der Waals surface area contributed by atoms with Gasteiger partial charge in [-0.2, -0.15) is 7.05 Å². The molecule has 0 saturated heterocycles. The first-order valence-electron chi connectivity index (χ1n) is 9.64. The molecule has 1 nitrogen and oxygen atoms in total. The van der Waals surface area contributed by atoms with Gasteiger partial charge in [0, 0.05) is 0 Å². The van der Waals surface area contributed by atoms with Crippen LogP contribution >= 0.6 is 0 Å². The van der Waals surface area contributed by atoms with Gasteiger partial charge in [0.05, 0.1) is 0 Å². The van der Waals surface area contributed by atoms with Crippen molar-refractivity contribution in [3.63, 3.8) is 0 Å². The quantitative estimate of drug-likeness (QED) is 0.542. The average Bonchev–Trinajstić information content (AvgIpc) is 2.45. The van der Waals surface area contributed by atoms with Gasteiger partial charge in [-0.25, -0.2) is 0 Å². The van der Waals surface area contributed by atoms with Gasteiger partial charge in [0.15, 0.2) is 0 Å². The summed E-state index contributed by atoms with van der Waals surface area (Å²) in [7, 11) is 2.08. The molecule has 0 bridgehead atoms. The Hall–Kier alpha value is -0.300. The summed E-state index contributed by atoms with van der Waals surface area (Å²) in [6.45, 7) is 10.0. The average molecular weight is 301 g/mol. The van der Waals surface area contributed by atoms with Crippen molar-refractivity contribution in [1.82, 2.24) is 0 Å².